The number of carbonyl (C=O) groups excluding carboxylic acids is 2. The van der Waals surface area contributed by atoms with Crippen LogP contribution in [0.5, 0.6) is 0 Å². The van der Waals surface area contributed by atoms with Crippen molar-refractivity contribution in [1.82, 2.24) is 14.7 Å². The summed E-state index contributed by atoms with van der Waals surface area (Å²) in [6.45, 7) is 3.79. The summed E-state index contributed by atoms with van der Waals surface area (Å²) < 4.78 is 29.9. The molecule has 0 N–H and O–H groups in total. The molecule has 30 heavy (non-hydrogen) atoms. The largest absolute Gasteiger partial charge is 0.451 e. The van der Waals surface area contributed by atoms with Crippen LogP contribution in [0, 0.1) is 0 Å². The Kier molecular flexibility index (Phi) is 6.55. The number of esters is 1. The van der Waals surface area contributed by atoms with Gasteiger partial charge >= 0.3 is 5.97 Å². The number of hydrogen-bond acceptors (Lipinski definition) is 7. The highest BCUT2D eigenvalue weighted by Crippen LogP contribution is 2.18. The van der Waals surface area contributed by atoms with E-state index < -0.39 is 34.4 Å². The maximum atomic E-state index is 12.7. The summed E-state index contributed by atoms with van der Waals surface area (Å²) in [6.07, 6.45) is 1.04. The summed E-state index contributed by atoms with van der Waals surface area (Å²) in [6, 6.07) is 6.21. The van der Waals surface area contributed by atoms with Crippen molar-refractivity contribution in [3.05, 3.63) is 40.3 Å². The number of aromatic nitrogens is 2. The summed E-state index contributed by atoms with van der Waals surface area (Å²) in [5.41, 5.74) is -0.322. The molecule has 10 heteroatoms. The van der Waals surface area contributed by atoms with Crippen molar-refractivity contribution in [2.75, 3.05) is 24.7 Å². The topological polar surface area (TPSA) is 116 Å². The fraction of sp³-hybridized carbons (Fsp3) is 0.500. The van der Waals surface area contributed by atoms with Crippen LogP contribution in [0.15, 0.2) is 29.1 Å². The van der Waals surface area contributed by atoms with Crippen LogP contribution in [0.2, 0.25) is 0 Å². The van der Waals surface area contributed by atoms with Gasteiger partial charge in [-0.1, -0.05) is 25.1 Å². The van der Waals surface area contributed by atoms with Gasteiger partial charge in [-0.25, -0.2) is 17.9 Å². The highest BCUT2D eigenvalue weighted by molar-refractivity contribution is 7.91. The minimum absolute atomic E-state index is 0.0297. The minimum Gasteiger partial charge on any atom is -0.451 e. The van der Waals surface area contributed by atoms with E-state index in [1.54, 1.807) is 31.2 Å². The Morgan fingerprint density at radius 1 is 1.23 bits per heavy atom. The third-order valence-electron chi connectivity index (χ3n) is 5.13. The molecule has 2 aromatic rings. The molecule has 1 unspecified atom stereocenters. The molecule has 0 saturated carbocycles. The SMILES string of the molecule is CCCn1nc(C(=O)OCC(=O)N(CC)C2CCS(=O)(=O)C2)c2ccccc2c1=O. The lowest BCUT2D eigenvalue weighted by molar-refractivity contribution is -0.136. The first-order chi connectivity index (χ1) is 14.3. The Bertz CT molecular complexity index is 1130. The van der Waals surface area contributed by atoms with Crippen LogP contribution >= 0.6 is 0 Å². The second-order valence-electron chi connectivity index (χ2n) is 7.24. The van der Waals surface area contributed by atoms with Gasteiger partial charge in [0.2, 0.25) is 0 Å². The van der Waals surface area contributed by atoms with Gasteiger partial charge in [-0.15, -0.1) is 0 Å². The number of ether oxygens (including phenoxy) is 1. The van der Waals surface area contributed by atoms with Crippen LogP contribution < -0.4 is 5.56 Å². The van der Waals surface area contributed by atoms with Crippen molar-refractivity contribution in [3.8, 4) is 0 Å². The molecule has 1 amide bonds. The predicted octanol–water partition coefficient (Wildman–Crippen LogP) is 0.999. The van der Waals surface area contributed by atoms with E-state index in [-0.39, 0.29) is 22.8 Å². The van der Waals surface area contributed by atoms with Crippen LogP contribution in [0.1, 0.15) is 37.2 Å². The molecule has 9 nitrogen and oxygen atoms in total. The molecule has 1 fully saturated rings. The zero-order valence-corrected chi connectivity index (χ0v) is 17.9. The van der Waals surface area contributed by atoms with Crippen LogP contribution in [-0.4, -0.2) is 65.7 Å². The van der Waals surface area contributed by atoms with Gasteiger partial charge in [-0.3, -0.25) is 9.59 Å². The highest BCUT2D eigenvalue weighted by Gasteiger charge is 2.34. The summed E-state index contributed by atoms with van der Waals surface area (Å²) >= 11 is 0. The molecule has 0 radical (unpaired) electrons. The molecule has 0 spiro atoms. The predicted molar refractivity (Wildman–Crippen MR) is 111 cm³/mol. The quantitative estimate of drug-likeness (QED) is 0.596. The number of fused-ring (bicyclic) bond motifs is 1. The molecule has 0 aliphatic carbocycles. The fourth-order valence-electron chi connectivity index (χ4n) is 3.69. The Hall–Kier alpha value is -2.75. The van der Waals surface area contributed by atoms with Crippen molar-refractivity contribution >= 4 is 32.5 Å². The Morgan fingerprint density at radius 3 is 2.53 bits per heavy atom. The minimum atomic E-state index is -3.14. The van der Waals surface area contributed by atoms with Crippen LogP contribution in [0.3, 0.4) is 0 Å². The van der Waals surface area contributed by atoms with E-state index in [1.165, 1.54) is 9.58 Å². The number of rotatable bonds is 7. The molecule has 1 aliphatic rings. The maximum absolute atomic E-state index is 12.7. The molecule has 3 rings (SSSR count). The standard InChI is InChI=1S/C20H25N3O6S/c1-3-10-23-19(25)16-8-6-5-7-15(16)18(21-23)20(26)29-12-17(24)22(4-2)14-9-11-30(27,28)13-14/h5-8,14H,3-4,9-13H2,1-2H3. The Balaban J connectivity index is 1.79. The van der Waals surface area contributed by atoms with Crippen molar-refractivity contribution in [3.63, 3.8) is 0 Å². The fourth-order valence-corrected chi connectivity index (χ4v) is 5.42. The maximum Gasteiger partial charge on any atom is 0.359 e. The lowest BCUT2D eigenvalue weighted by Gasteiger charge is -2.26. The number of nitrogens with zero attached hydrogens (tertiary/aromatic N) is 3. The first kappa shape index (κ1) is 21.9. The molecule has 2 heterocycles. The summed E-state index contributed by atoms with van der Waals surface area (Å²) in [7, 11) is -3.14. The monoisotopic (exact) mass is 435 g/mol. The van der Waals surface area contributed by atoms with E-state index >= 15 is 0 Å². The van der Waals surface area contributed by atoms with E-state index in [2.05, 4.69) is 5.10 Å². The van der Waals surface area contributed by atoms with E-state index in [4.69, 9.17) is 4.74 Å². The van der Waals surface area contributed by atoms with Gasteiger partial charge < -0.3 is 9.64 Å². The smallest absolute Gasteiger partial charge is 0.359 e. The zero-order valence-electron chi connectivity index (χ0n) is 17.0. The Morgan fingerprint density at radius 2 is 1.93 bits per heavy atom. The summed E-state index contributed by atoms with van der Waals surface area (Å²) in [5, 5.41) is 4.87. The number of carbonyl (C=O) groups is 2. The summed E-state index contributed by atoms with van der Waals surface area (Å²) in [4.78, 5) is 39.2. The van der Waals surface area contributed by atoms with E-state index in [1.807, 2.05) is 6.92 Å². The molecule has 1 aliphatic heterocycles. The third kappa shape index (κ3) is 4.53. The van der Waals surface area contributed by atoms with Crippen molar-refractivity contribution < 1.29 is 22.7 Å². The van der Waals surface area contributed by atoms with Gasteiger partial charge in [0.15, 0.2) is 22.1 Å². The lowest BCUT2D eigenvalue weighted by Crippen LogP contribution is -2.43. The number of sulfone groups is 1. The molecule has 1 aromatic heterocycles. The van der Waals surface area contributed by atoms with Gasteiger partial charge in [0, 0.05) is 24.5 Å². The first-order valence-electron chi connectivity index (χ1n) is 9.94. The van der Waals surface area contributed by atoms with Gasteiger partial charge in [-0.2, -0.15) is 5.10 Å². The van der Waals surface area contributed by atoms with Crippen LogP contribution in [0.25, 0.3) is 10.8 Å². The summed E-state index contributed by atoms with van der Waals surface area (Å²) in [5.74, 6) is -1.29. The van der Waals surface area contributed by atoms with Gasteiger partial charge in [-0.05, 0) is 25.8 Å². The second-order valence-corrected chi connectivity index (χ2v) is 9.46. The first-order valence-corrected chi connectivity index (χ1v) is 11.8. The van der Waals surface area contributed by atoms with Crippen molar-refractivity contribution in [1.29, 1.82) is 0 Å². The normalized spacial score (nSPS) is 17.7. The molecule has 1 atom stereocenters. The number of likely N-dealkylation sites (N-methyl/N-ethyl adjacent to an activating group) is 1. The Labute approximate surface area is 174 Å². The van der Waals surface area contributed by atoms with Crippen LogP contribution in [-0.2, 0) is 25.9 Å². The van der Waals surface area contributed by atoms with Gasteiger partial charge in [0.25, 0.3) is 11.5 Å². The number of aryl methyl sites for hydroxylation is 1. The average Bonchev–Trinajstić information content (AvgIpc) is 3.08. The number of benzene rings is 1. The molecular formula is C20H25N3O6S. The molecule has 0 bridgehead atoms. The van der Waals surface area contributed by atoms with Gasteiger partial charge in [0.1, 0.15) is 0 Å². The number of amides is 1. The van der Waals surface area contributed by atoms with Crippen LogP contribution in [0.4, 0.5) is 0 Å². The van der Waals surface area contributed by atoms with E-state index in [0.717, 1.165) is 0 Å². The van der Waals surface area contributed by atoms with Gasteiger partial charge in [0.05, 0.1) is 16.9 Å². The second kappa shape index (κ2) is 8.95. The molecule has 162 valence electrons. The zero-order chi connectivity index (χ0) is 21.9. The lowest BCUT2D eigenvalue weighted by atomic mass is 10.1. The third-order valence-corrected chi connectivity index (χ3v) is 6.88. The average molecular weight is 436 g/mol. The molecule has 1 aromatic carbocycles. The molecule has 1 saturated heterocycles. The van der Waals surface area contributed by atoms with Crippen molar-refractivity contribution in [2.45, 2.75) is 39.3 Å². The number of hydrogen-bond donors (Lipinski definition) is 0. The van der Waals surface area contributed by atoms with Crippen molar-refractivity contribution in [2.24, 2.45) is 0 Å². The van der Waals surface area contributed by atoms with E-state index in [9.17, 15) is 22.8 Å². The molecular weight excluding hydrogens is 410 g/mol. The van der Waals surface area contributed by atoms with E-state index in [0.29, 0.717) is 36.7 Å². The highest BCUT2D eigenvalue weighted by atomic mass is 32.2.